The van der Waals surface area contributed by atoms with Gasteiger partial charge in [-0.3, -0.25) is 4.79 Å². The fourth-order valence-corrected chi connectivity index (χ4v) is 5.10. The third kappa shape index (κ3) is 4.63. The molecule has 2 unspecified atom stereocenters. The van der Waals surface area contributed by atoms with Crippen LogP contribution in [0, 0.1) is 5.92 Å². The Morgan fingerprint density at radius 3 is 2.24 bits per heavy atom. The van der Waals surface area contributed by atoms with Crippen LogP contribution in [0.25, 0.3) is 11.1 Å². The lowest BCUT2D eigenvalue weighted by atomic mass is 9.98. The second-order valence-electron chi connectivity index (χ2n) is 9.37. The topological polar surface area (TPSA) is 99.2 Å². The quantitative estimate of drug-likeness (QED) is 0.653. The molecule has 0 radical (unpaired) electrons. The van der Waals surface area contributed by atoms with Crippen LogP contribution < -0.4 is 5.32 Å². The van der Waals surface area contributed by atoms with Gasteiger partial charge in [-0.1, -0.05) is 55.5 Å². The van der Waals surface area contributed by atoms with Gasteiger partial charge in [-0.15, -0.1) is 0 Å². The molecule has 180 valence electrons. The molecule has 0 bridgehead atoms. The summed E-state index contributed by atoms with van der Waals surface area (Å²) in [7, 11) is 3.59. The van der Waals surface area contributed by atoms with E-state index in [-0.39, 0.29) is 25.0 Å². The molecule has 0 saturated carbocycles. The summed E-state index contributed by atoms with van der Waals surface area (Å²) < 4.78 is 5.60. The van der Waals surface area contributed by atoms with Gasteiger partial charge in [-0.25, -0.2) is 9.59 Å². The Labute approximate surface area is 199 Å². The van der Waals surface area contributed by atoms with E-state index >= 15 is 0 Å². The summed E-state index contributed by atoms with van der Waals surface area (Å²) in [4.78, 5) is 40.9. The monoisotopic (exact) mass is 465 g/mol. The number of carboxylic acids is 1. The summed E-state index contributed by atoms with van der Waals surface area (Å²) in [5.41, 5.74) is 4.48. The van der Waals surface area contributed by atoms with Gasteiger partial charge in [0.2, 0.25) is 5.91 Å². The van der Waals surface area contributed by atoms with Gasteiger partial charge in [0.25, 0.3) is 0 Å². The molecule has 1 heterocycles. The van der Waals surface area contributed by atoms with Crippen LogP contribution in [0.15, 0.2) is 48.5 Å². The molecular weight excluding hydrogens is 434 g/mol. The molecule has 2 aliphatic rings. The number of ether oxygens (including phenoxy) is 1. The normalized spacial score (nSPS) is 20.1. The van der Waals surface area contributed by atoms with Crippen molar-refractivity contribution >= 4 is 18.0 Å². The van der Waals surface area contributed by atoms with Crippen molar-refractivity contribution in [3.05, 3.63) is 59.7 Å². The number of carboxylic acid groups (broad SMARTS) is 1. The number of aliphatic carboxylic acids is 1. The van der Waals surface area contributed by atoms with Crippen molar-refractivity contribution in [3.8, 4) is 11.1 Å². The molecule has 2 N–H and O–H groups in total. The van der Waals surface area contributed by atoms with E-state index in [4.69, 9.17) is 4.74 Å². The minimum absolute atomic E-state index is 0.0861. The highest BCUT2D eigenvalue weighted by Crippen LogP contribution is 2.44. The third-order valence-corrected chi connectivity index (χ3v) is 6.72. The number of likely N-dealkylation sites (N-methyl/N-ethyl adjacent to an activating group) is 1. The minimum Gasteiger partial charge on any atom is -0.480 e. The summed E-state index contributed by atoms with van der Waals surface area (Å²) >= 11 is 0. The average Bonchev–Trinajstić information content (AvgIpc) is 3.34. The zero-order valence-electron chi connectivity index (χ0n) is 19.7. The first-order chi connectivity index (χ1) is 16.3. The maximum absolute atomic E-state index is 13.2. The van der Waals surface area contributed by atoms with E-state index in [1.165, 1.54) is 4.90 Å². The van der Waals surface area contributed by atoms with E-state index in [1.54, 1.807) is 19.0 Å². The van der Waals surface area contributed by atoms with E-state index in [0.717, 1.165) is 22.3 Å². The van der Waals surface area contributed by atoms with Crippen molar-refractivity contribution in [2.24, 2.45) is 5.92 Å². The molecule has 2 aromatic rings. The van der Waals surface area contributed by atoms with Gasteiger partial charge in [-0.05, 0) is 48.7 Å². The molecule has 34 heavy (non-hydrogen) atoms. The van der Waals surface area contributed by atoms with Gasteiger partial charge in [0.1, 0.15) is 18.7 Å². The number of hydrogen-bond donors (Lipinski definition) is 2. The molecule has 2 amide bonds. The molecule has 1 fully saturated rings. The molecule has 1 aliphatic carbocycles. The van der Waals surface area contributed by atoms with E-state index in [9.17, 15) is 19.5 Å². The van der Waals surface area contributed by atoms with Gasteiger partial charge in [0, 0.05) is 19.0 Å². The molecular formula is C26H31N3O5. The largest absolute Gasteiger partial charge is 0.480 e. The van der Waals surface area contributed by atoms with Crippen molar-refractivity contribution in [3.63, 3.8) is 0 Å². The van der Waals surface area contributed by atoms with Crippen molar-refractivity contribution in [1.29, 1.82) is 0 Å². The average molecular weight is 466 g/mol. The highest BCUT2D eigenvalue weighted by atomic mass is 16.5. The smallest absolute Gasteiger partial charge is 0.407 e. The van der Waals surface area contributed by atoms with Crippen molar-refractivity contribution < 1.29 is 24.2 Å². The highest BCUT2D eigenvalue weighted by Gasteiger charge is 2.42. The molecule has 0 aromatic heterocycles. The molecule has 0 spiro atoms. The highest BCUT2D eigenvalue weighted by molar-refractivity contribution is 5.90. The summed E-state index contributed by atoms with van der Waals surface area (Å²) in [5.74, 6) is -1.66. The molecule has 1 saturated heterocycles. The van der Waals surface area contributed by atoms with Gasteiger partial charge in [-0.2, -0.15) is 0 Å². The Hall–Kier alpha value is -3.39. The predicted molar refractivity (Wildman–Crippen MR) is 127 cm³/mol. The number of amides is 2. The summed E-state index contributed by atoms with van der Waals surface area (Å²) in [5, 5.41) is 12.3. The van der Waals surface area contributed by atoms with E-state index in [1.807, 2.05) is 43.3 Å². The fourth-order valence-electron chi connectivity index (χ4n) is 5.10. The van der Waals surface area contributed by atoms with Gasteiger partial charge >= 0.3 is 12.1 Å². The van der Waals surface area contributed by atoms with Crippen LogP contribution >= 0.6 is 0 Å². The van der Waals surface area contributed by atoms with E-state index in [2.05, 4.69) is 17.4 Å². The Morgan fingerprint density at radius 2 is 1.68 bits per heavy atom. The molecule has 8 nitrogen and oxygen atoms in total. The number of likely N-dealkylation sites (tertiary alicyclic amines) is 1. The Morgan fingerprint density at radius 1 is 1.09 bits per heavy atom. The zero-order valence-corrected chi connectivity index (χ0v) is 19.7. The lowest BCUT2D eigenvalue weighted by Gasteiger charge is -2.29. The third-order valence-electron chi connectivity index (χ3n) is 6.72. The molecule has 2 aromatic carbocycles. The fraction of sp³-hybridized carbons (Fsp3) is 0.423. The van der Waals surface area contributed by atoms with Crippen molar-refractivity contribution in [2.45, 2.75) is 31.3 Å². The standard InChI is InChI=1S/C26H31N3O5/c1-16-12-13-29(23(16)25(31)32)24(30)22(14-28(2)3)27-26(33)34-15-21-19-10-6-4-8-17(19)18-9-5-7-11-20(18)21/h4-11,16,21-23H,12-15H2,1-3H3,(H,27,33)(H,31,32)/t16?,22-,23?/m0/s1. The Balaban J connectivity index is 1.45. The van der Waals surface area contributed by atoms with Gasteiger partial charge < -0.3 is 25.0 Å². The number of hydrogen-bond acceptors (Lipinski definition) is 5. The zero-order chi connectivity index (χ0) is 24.4. The summed E-state index contributed by atoms with van der Waals surface area (Å²) in [6.45, 7) is 2.56. The van der Waals surface area contributed by atoms with Crippen LogP contribution in [-0.4, -0.2) is 78.8 Å². The lowest BCUT2D eigenvalue weighted by Crippen LogP contribution is -2.55. The number of rotatable bonds is 7. The van der Waals surface area contributed by atoms with Crippen LogP contribution in [0.2, 0.25) is 0 Å². The SMILES string of the molecule is CC1CCN(C(=O)[C@H](CN(C)C)NC(=O)OCC2c3ccccc3-c3ccccc32)C1C(=O)O. The molecule has 1 aliphatic heterocycles. The van der Waals surface area contributed by atoms with Crippen molar-refractivity contribution in [2.75, 3.05) is 33.8 Å². The maximum atomic E-state index is 13.2. The maximum Gasteiger partial charge on any atom is 0.407 e. The van der Waals surface area contributed by atoms with Crippen LogP contribution in [-0.2, 0) is 14.3 Å². The number of nitrogens with one attached hydrogen (secondary N) is 1. The van der Waals surface area contributed by atoms with E-state index in [0.29, 0.717) is 13.0 Å². The van der Waals surface area contributed by atoms with Crippen LogP contribution in [0.3, 0.4) is 0 Å². The number of benzene rings is 2. The van der Waals surface area contributed by atoms with E-state index < -0.39 is 30.1 Å². The van der Waals surface area contributed by atoms with Gasteiger partial charge in [0.05, 0.1) is 0 Å². The minimum atomic E-state index is -1.02. The number of carbonyl (C=O) groups excluding carboxylic acids is 2. The number of alkyl carbamates (subject to hydrolysis) is 1. The number of fused-ring (bicyclic) bond motifs is 3. The summed E-state index contributed by atoms with van der Waals surface area (Å²) in [6, 6.07) is 14.4. The second-order valence-corrected chi connectivity index (χ2v) is 9.37. The Kier molecular flexibility index (Phi) is 6.88. The molecule has 4 rings (SSSR count). The molecule has 8 heteroatoms. The number of nitrogens with zero attached hydrogens (tertiary/aromatic N) is 2. The van der Waals surface area contributed by atoms with Crippen LogP contribution in [0.1, 0.15) is 30.4 Å². The van der Waals surface area contributed by atoms with Crippen molar-refractivity contribution in [1.82, 2.24) is 15.1 Å². The predicted octanol–water partition coefficient (Wildman–Crippen LogP) is 2.78. The van der Waals surface area contributed by atoms with Crippen LogP contribution in [0.4, 0.5) is 4.79 Å². The number of carbonyl (C=O) groups is 3. The first-order valence-corrected chi connectivity index (χ1v) is 11.6. The first-order valence-electron chi connectivity index (χ1n) is 11.6. The Bertz CT molecular complexity index is 1040. The second kappa shape index (κ2) is 9.85. The van der Waals surface area contributed by atoms with Gasteiger partial charge in [0.15, 0.2) is 0 Å². The lowest BCUT2D eigenvalue weighted by molar-refractivity contribution is -0.150. The first kappa shape index (κ1) is 23.8. The van der Waals surface area contributed by atoms with Crippen LogP contribution in [0.5, 0.6) is 0 Å². The molecule has 3 atom stereocenters. The summed E-state index contributed by atoms with van der Waals surface area (Å²) in [6.07, 6.45) is -0.0799.